The monoisotopic (exact) mass is 333 g/mol. The lowest BCUT2D eigenvalue weighted by molar-refractivity contribution is 0.0795. The standard InChI is InChI=1S/C16H23N5OS/c22-15(21-9-3-8-20-7-2-6-18-16(20)21)13-11-23-14(19-13)12-4-1-5-17-10-12/h11-12,17H,1-10H2. The van der Waals surface area contributed by atoms with E-state index in [9.17, 15) is 4.79 Å². The molecule has 0 bridgehead atoms. The summed E-state index contributed by atoms with van der Waals surface area (Å²) in [6.07, 6.45) is 4.44. The van der Waals surface area contributed by atoms with Gasteiger partial charge in [-0.25, -0.2) is 4.98 Å². The van der Waals surface area contributed by atoms with Crippen molar-refractivity contribution >= 4 is 23.2 Å². The maximum Gasteiger partial charge on any atom is 0.280 e. The lowest BCUT2D eigenvalue weighted by Crippen LogP contribution is -2.54. The van der Waals surface area contributed by atoms with Gasteiger partial charge in [0.2, 0.25) is 5.96 Å². The van der Waals surface area contributed by atoms with Crippen LogP contribution < -0.4 is 5.32 Å². The summed E-state index contributed by atoms with van der Waals surface area (Å²) in [5.41, 5.74) is 0.589. The molecule has 0 radical (unpaired) electrons. The molecule has 0 saturated carbocycles. The summed E-state index contributed by atoms with van der Waals surface area (Å²) in [5, 5.41) is 6.44. The molecule has 6 nitrogen and oxygen atoms in total. The van der Waals surface area contributed by atoms with E-state index in [1.165, 1.54) is 12.8 Å². The Bertz CT molecular complexity index is 607. The third-order valence-corrected chi connectivity index (χ3v) is 5.81. The fourth-order valence-electron chi connectivity index (χ4n) is 3.59. The van der Waals surface area contributed by atoms with Gasteiger partial charge in [-0.05, 0) is 32.2 Å². The second kappa shape index (κ2) is 6.57. The molecule has 1 N–H and O–H groups in total. The van der Waals surface area contributed by atoms with Crippen molar-refractivity contribution in [3.8, 4) is 0 Å². The zero-order chi connectivity index (χ0) is 15.6. The third-order valence-electron chi connectivity index (χ3n) is 4.81. The predicted molar refractivity (Wildman–Crippen MR) is 91.1 cm³/mol. The lowest BCUT2D eigenvalue weighted by atomic mass is 10.0. The highest BCUT2D eigenvalue weighted by molar-refractivity contribution is 7.09. The van der Waals surface area contributed by atoms with Crippen LogP contribution in [-0.4, -0.2) is 65.9 Å². The molecule has 2 fully saturated rings. The molecule has 0 spiro atoms. The molecule has 7 heteroatoms. The molecule has 1 atom stereocenters. The zero-order valence-electron chi connectivity index (χ0n) is 13.3. The molecule has 0 aromatic carbocycles. The smallest absolute Gasteiger partial charge is 0.280 e. The van der Waals surface area contributed by atoms with Gasteiger partial charge >= 0.3 is 0 Å². The number of piperidine rings is 1. The van der Waals surface area contributed by atoms with E-state index in [1.807, 2.05) is 10.3 Å². The summed E-state index contributed by atoms with van der Waals surface area (Å²) in [6, 6.07) is 0. The molecule has 0 aliphatic carbocycles. The molecule has 4 rings (SSSR count). The first-order chi connectivity index (χ1) is 11.3. The Morgan fingerprint density at radius 1 is 1.26 bits per heavy atom. The van der Waals surface area contributed by atoms with Gasteiger partial charge in [-0.15, -0.1) is 11.3 Å². The molecule has 4 heterocycles. The van der Waals surface area contributed by atoms with Crippen molar-refractivity contribution in [3.63, 3.8) is 0 Å². The van der Waals surface area contributed by atoms with Crippen molar-refractivity contribution in [1.29, 1.82) is 0 Å². The Morgan fingerprint density at radius 3 is 3.04 bits per heavy atom. The highest BCUT2D eigenvalue weighted by atomic mass is 32.1. The summed E-state index contributed by atoms with van der Waals surface area (Å²) < 4.78 is 0. The number of aliphatic imine (C=N–C) groups is 1. The number of hydrogen-bond acceptors (Lipinski definition) is 6. The van der Waals surface area contributed by atoms with Gasteiger partial charge in [-0.1, -0.05) is 0 Å². The van der Waals surface area contributed by atoms with Crippen LogP contribution in [0.2, 0.25) is 0 Å². The number of carbonyl (C=O) groups is 1. The van der Waals surface area contributed by atoms with Crippen LogP contribution in [0, 0.1) is 0 Å². The van der Waals surface area contributed by atoms with Crippen LogP contribution >= 0.6 is 11.3 Å². The van der Waals surface area contributed by atoms with E-state index >= 15 is 0 Å². The normalized spacial score (nSPS) is 25.0. The average Bonchev–Trinajstić information content (AvgIpc) is 3.11. The van der Waals surface area contributed by atoms with Crippen molar-refractivity contribution in [2.24, 2.45) is 4.99 Å². The van der Waals surface area contributed by atoms with Crippen molar-refractivity contribution in [2.75, 3.05) is 39.3 Å². The minimum atomic E-state index is 0.0154. The molecule has 1 amide bonds. The second-order valence-corrected chi connectivity index (χ2v) is 7.34. The van der Waals surface area contributed by atoms with E-state index in [0.717, 1.165) is 63.1 Å². The van der Waals surface area contributed by atoms with E-state index in [4.69, 9.17) is 0 Å². The highest BCUT2D eigenvalue weighted by Gasteiger charge is 2.32. The summed E-state index contributed by atoms with van der Waals surface area (Å²) in [7, 11) is 0. The van der Waals surface area contributed by atoms with Crippen molar-refractivity contribution < 1.29 is 4.79 Å². The van der Waals surface area contributed by atoms with Crippen LogP contribution in [0.4, 0.5) is 0 Å². The number of thiazole rings is 1. The highest BCUT2D eigenvalue weighted by Crippen LogP contribution is 2.27. The molecule has 3 aliphatic heterocycles. The second-order valence-electron chi connectivity index (χ2n) is 6.45. The topological polar surface area (TPSA) is 60.8 Å². The Hall–Kier alpha value is -1.47. The minimum absolute atomic E-state index is 0.0154. The first kappa shape index (κ1) is 15.1. The zero-order valence-corrected chi connectivity index (χ0v) is 14.1. The van der Waals surface area contributed by atoms with Gasteiger partial charge in [0.1, 0.15) is 5.69 Å². The van der Waals surface area contributed by atoms with E-state index in [1.54, 1.807) is 11.3 Å². The molecule has 124 valence electrons. The summed E-state index contributed by atoms with van der Waals surface area (Å²) in [4.78, 5) is 26.2. The van der Waals surface area contributed by atoms with E-state index in [2.05, 4.69) is 20.2 Å². The fraction of sp³-hybridized carbons (Fsp3) is 0.688. The van der Waals surface area contributed by atoms with Crippen LogP contribution in [0.25, 0.3) is 0 Å². The van der Waals surface area contributed by atoms with Gasteiger partial charge in [-0.3, -0.25) is 14.7 Å². The number of rotatable bonds is 2. The van der Waals surface area contributed by atoms with Gasteiger partial charge in [-0.2, -0.15) is 0 Å². The molecule has 1 aromatic rings. The maximum absolute atomic E-state index is 12.9. The van der Waals surface area contributed by atoms with Crippen LogP contribution in [-0.2, 0) is 0 Å². The minimum Gasteiger partial charge on any atom is -0.342 e. The number of hydrogen-bond donors (Lipinski definition) is 1. The Morgan fingerprint density at radius 2 is 2.17 bits per heavy atom. The Balaban J connectivity index is 1.52. The Kier molecular flexibility index (Phi) is 4.31. The molecule has 1 unspecified atom stereocenters. The third kappa shape index (κ3) is 2.99. The largest absolute Gasteiger partial charge is 0.342 e. The van der Waals surface area contributed by atoms with E-state index in [-0.39, 0.29) is 5.91 Å². The van der Waals surface area contributed by atoms with E-state index < -0.39 is 0 Å². The molecule has 3 aliphatic rings. The number of fused-ring (bicyclic) bond motifs is 1. The number of aromatic nitrogens is 1. The van der Waals surface area contributed by atoms with Crippen LogP contribution in [0.1, 0.15) is 47.1 Å². The van der Waals surface area contributed by atoms with Gasteiger partial charge in [0.25, 0.3) is 5.91 Å². The molecule has 23 heavy (non-hydrogen) atoms. The lowest BCUT2D eigenvalue weighted by Gasteiger charge is -2.39. The van der Waals surface area contributed by atoms with Gasteiger partial charge in [0.05, 0.1) is 5.01 Å². The summed E-state index contributed by atoms with van der Waals surface area (Å²) in [6.45, 7) is 5.68. The van der Waals surface area contributed by atoms with Crippen molar-refractivity contribution in [2.45, 2.75) is 31.6 Å². The van der Waals surface area contributed by atoms with Gasteiger partial charge in [0.15, 0.2) is 0 Å². The fourth-order valence-corrected chi connectivity index (χ4v) is 4.53. The average molecular weight is 333 g/mol. The number of amides is 1. The number of nitrogens with zero attached hydrogens (tertiary/aromatic N) is 4. The van der Waals surface area contributed by atoms with Crippen LogP contribution in [0.3, 0.4) is 0 Å². The van der Waals surface area contributed by atoms with Gasteiger partial charge < -0.3 is 10.2 Å². The summed E-state index contributed by atoms with van der Waals surface area (Å²) in [5.74, 6) is 1.34. The number of carbonyl (C=O) groups excluding carboxylic acids is 1. The Labute approximate surface area is 140 Å². The van der Waals surface area contributed by atoms with Crippen LogP contribution in [0.15, 0.2) is 10.4 Å². The van der Waals surface area contributed by atoms with Crippen molar-refractivity contribution in [1.82, 2.24) is 20.1 Å². The number of guanidine groups is 1. The first-order valence-corrected chi connectivity index (χ1v) is 9.48. The van der Waals surface area contributed by atoms with Crippen LogP contribution in [0.5, 0.6) is 0 Å². The van der Waals surface area contributed by atoms with E-state index in [0.29, 0.717) is 11.6 Å². The predicted octanol–water partition coefficient (Wildman–Crippen LogP) is 1.52. The summed E-state index contributed by atoms with van der Waals surface area (Å²) >= 11 is 1.63. The molecular weight excluding hydrogens is 310 g/mol. The van der Waals surface area contributed by atoms with Crippen molar-refractivity contribution in [3.05, 3.63) is 16.1 Å². The SMILES string of the molecule is O=C(c1csc(C2CCCNC2)n1)N1CCCN2CCCN=C21. The molecule has 2 saturated heterocycles. The number of nitrogens with one attached hydrogen (secondary N) is 1. The molecular formula is C16H23N5OS. The van der Waals surface area contributed by atoms with Gasteiger partial charge in [0, 0.05) is 44.0 Å². The molecule has 1 aromatic heterocycles. The quantitative estimate of drug-likeness (QED) is 0.891. The first-order valence-electron chi connectivity index (χ1n) is 8.60. The maximum atomic E-state index is 12.9.